The molecule has 0 aliphatic carbocycles. The van der Waals surface area contributed by atoms with Gasteiger partial charge in [0, 0.05) is 31.2 Å². The van der Waals surface area contributed by atoms with Gasteiger partial charge >= 0.3 is 0 Å². The van der Waals surface area contributed by atoms with E-state index in [9.17, 15) is 9.59 Å². The first-order chi connectivity index (χ1) is 21.7. The Morgan fingerprint density at radius 2 is 1.78 bits per heavy atom. The summed E-state index contributed by atoms with van der Waals surface area (Å²) in [5.41, 5.74) is 1.81. The van der Waals surface area contributed by atoms with Crippen LogP contribution in [0.1, 0.15) is 5.56 Å². The first kappa shape index (κ1) is 30.8. The van der Waals surface area contributed by atoms with Gasteiger partial charge in [-0.1, -0.05) is 35.3 Å². The molecule has 45 heavy (non-hydrogen) atoms. The summed E-state index contributed by atoms with van der Waals surface area (Å²) in [5, 5.41) is 9.53. The van der Waals surface area contributed by atoms with Crippen LogP contribution in [-0.2, 0) is 4.79 Å². The monoisotopic (exact) mass is 768 g/mol. The Kier molecular flexibility index (Phi) is 8.95. The van der Waals surface area contributed by atoms with Crippen LogP contribution in [0.15, 0.2) is 102 Å². The lowest BCUT2D eigenvalue weighted by Gasteiger charge is -2.15. The molecule has 0 fully saturated rings. The van der Waals surface area contributed by atoms with Gasteiger partial charge < -0.3 is 19.2 Å². The number of halogens is 4. The summed E-state index contributed by atoms with van der Waals surface area (Å²) in [6.07, 6.45) is 1.48. The minimum Gasteiger partial charge on any atom is -0.493 e. The molecule has 2 aromatic heterocycles. The maximum atomic E-state index is 13.7. The molecule has 6 rings (SSSR count). The highest BCUT2D eigenvalue weighted by molar-refractivity contribution is 9.13. The number of carbonyl (C=O) groups excluding carboxylic acids is 1. The zero-order valence-electron chi connectivity index (χ0n) is 23.2. The molecule has 0 atom stereocenters. The second kappa shape index (κ2) is 13.1. The summed E-state index contributed by atoms with van der Waals surface area (Å²) in [4.78, 5) is 30.9. The maximum absolute atomic E-state index is 13.7. The number of rotatable bonds is 8. The van der Waals surface area contributed by atoms with E-state index in [1.165, 1.54) is 18.0 Å². The third kappa shape index (κ3) is 6.48. The Balaban J connectivity index is 1.34. The number of hydrogen-bond donors (Lipinski definition) is 1. The molecule has 13 heteroatoms. The highest BCUT2D eigenvalue weighted by Crippen LogP contribution is 2.42. The van der Waals surface area contributed by atoms with Crippen molar-refractivity contribution in [2.75, 3.05) is 19.0 Å². The number of hydrogen-bond acceptors (Lipinski definition) is 7. The van der Waals surface area contributed by atoms with E-state index >= 15 is 0 Å². The van der Waals surface area contributed by atoms with Crippen LogP contribution in [0.4, 0.5) is 5.69 Å². The van der Waals surface area contributed by atoms with E-state index in [2.05, 4.69) is 42.3 Å². The van der Waals surface area contributed by atoms with E-state index in [1.807, 2.05) is 0 Å². The molecular formula is C32H20Br2Cl2N4O5. The summed E-state index contributed by atoms with van der Waals surface area (Å²) in [7, 11) is 1.47. The van der Waals surface area contributed by atoms with Crippen LogP contribution in [0.5, 0.6) is 11.5 Å². The molecule has 0 unspecified atom stereocenters. The van der Waals surface area contributed by atoms with Gasteiger partial charge in [0.15, 0.2) is 23.9 Å². The largest absolute Gasteiger partial charge is 0.493 e. The molecule has 0 saturated heterocycles. The number of nitrogens with one attached hydrogen (secondary N) is 1. The van der Waals surface area contributed by atoms with Crippen LogP contribution in [0.25, 0.3) is 33.5 Å². The molecule has 1 amide bonds. The van der Waals surface area contributed by atoms with Crippen molar-refractivity contribution in [1.29, 1.82) is 0 Å². The van der Waals surface area contributed by atoms with E-state index in [0.717, 1.165) is 5.39 Å². The number of fused-ring (bicyclic) bond motifs is 2. The zero-order chi connectivity index (χ0) is 31.7. The number of furan rings is 1. The van der Waals surface area contributed by atoms with Gasteiger partial charge in [-0.2, -0.15) is 9.78 Å². The average Bonchev–Trinajstić information content (AvgIpc) is 3.46. The quantitative estimate of drug-likeness (QED) is 0.156. The molecule has 9 nitrogen and oxygen atoms in total. The fraction of sp³-hybridized carbons (Fsp3) is 0.0625. The van der Waals surface area contributed by atoms with Crippen LogP contribution in [0, 0.1) is 0 Å². The van der Waals surface area contributed by atoms with Crippen molar-refractivity contribution in [2.45, 2.75) is 0 Å². The first-order valence-corrected chi connectivity index (χ1v) is 15.6. The van der Waals surface area contributed by atoms with Crippen LogP contribution >= 0.6 is 55.1 Å². The minimum atomic E-state index is -0.390. The van der Waals surface area contributed by atoms with Gasteiger partial charge in [0.05, 0.1) is 28.7 Å². The summed E-state index contributed by atoms with van der Waals surface area (Å²) in [6, 6.07) is 22.4. The predicted octanol–water partition coefficient (Wildman–Crippen LogP) is 8.55. The van der Waals surface area contributed by atoms with Crippen molar-refractivity contribution >= 4 is 94.7 Å². The van der Waals surface area contributed by atoms with Gasteiger partial charge in [-0.15, -0.1) is 0 Å². The molecule has 0 spiro atoms. The third-order valence-corrected chi connectivity index (χ3v) is 9.25. The lowest BCUT2D eigenvalue weighted by Crippen LogP contribution is -2.20. The van der Waals surface area contributed by atoms with Gasteiger partial charge in [-0.3, -0.25) is 9.59 Å². The minimum absolute atomic E-state index is 0.205. The number of amides is 1. The van der Waals surface area contributed by atoms with E-state index in [0.29, 0.717) is 64.0 Å². The second-order valence-electron chi connectivity index (χ2n) is 9.58. The van der Waals surface area contributed by atoms with Gasteiger partial charge in [0.1, 0.15) is 5.58 Å². The SMILES string of the molecule is COc1cc(C=Nn2c(-c3cc4cc(Cl)ccc4o3)nc3ccccc3c2=O)c(Br)c(Br)c1OCC(=O)Nc1ccc(Cl)cc1. The highest BCUT2D eigenvalue weighted by Gasteiger charge is 2.20. The Morgan fingerprint density at radius 3 is 2.56 bits per heavy atom. The second-order valence-corrected chi connectivity index (χ2v) is 12.0. The molecule has 0 bridgehead atoms. The molecule has 0 radical (unpaired) electrons. The van der Waals surface area contributed by atoms with Gasteiger partial charge in [0.2, 0.25) is 5.82 Å². The highest BCUT2D eigenvalue weighted by atomic mass is 79.9. The lowest BCUT2D eigenvalue weighted by molar-refractivity contribution is -0.118. The van der Waals surface area contributed by atoms with Crippen molar-refractivity contribution in [3.8, 4) is 23.1 Å². The van der Waals surface area contributed by atoms with Crippen molar-refractivity contribution in [3.63, 3.8) is 0 Å². The van der Waals surface area contributed by atoms with Crippen molar-refractivity contribution in [3.05, 3.63) is 114 Å². The van der Waals surface area contributed by atoms with Crippen LogP contribution in [0.3, 0.4) is 0 Å². The summed E-state index contributed by atoms with van der Waals surface area (Å²) < 4.78 is 19.6. The van der Waals surface area contributed by atoms with Crippen LogP contribution < -0.4 is 20.3 Å². The fourth-order valence-corrected chi connectivity index (χ4v) is 5.73. The summed E-state index contributed by atoms with van der Waals surface area (Å²) >= 11 is 19.2. The number of aromatic nitrogens is 2. The van der Waals surface area contributed by atoms with Gasteiger partial charge in [0.25, 0.3) is 11.5 Å². The maximum Gasteiger partial charge on any atom is 0.282 e. The van der Waals surface area contributed by atoms with Crippen molar-refractivity contribution < 1.29 is 18.7 Å². The third-order valence-electron chi connectivity index (χ3n) is 6.62. The molecule has 4 aromatic carbocycles. The molecule has 0 saturated carbocycles. The lowest BCUT2D eigenvalue weighted by atomic mass is 10.2. The number of carbonyl (C=O) groups is 1. The fourth-order valence-electron chi connectivity index (χ4n) is 4.49. The summed E-state index contributed by atoms with van der Waals surface area (Å²) in [5.74, 6) is 0.779. The molecule has 2 heterocycles. The Bertz CT molecular complexity index is 2180. The molecular weight excluding hydrogens is 751 g/mol. The number of anilines is 1. The van der Waals surface area contributed by atoms with Gasteiger partial charge in [-0.25, -0.2) is 4.98 Å². The van der Waals surface area contributed by atoms with Crippen LogP contribution in [-0.4, -0.2) is 35.5 Å². The molecule has 0 aliphatic heterocycles. The molecule has 0 aliphatic rings. The first-order valence-electron chi connectivity index (χ1n) is 13.2. The average molecular weight is 771 g/mol. The zero-order valence-corrected chi connectivity index (χ0v) is 27.9. The molecule has 1 N–H and O–H groups in total. The van der Waals surface area contributed by atoms with Crippen molar-refractivity contribution in [2.24, 2.45) is 5.10 Å². The van der Waals surface area contributed by atoms with E-state index < -0.39 is 0 Å². The standard InChI is InChI=1S/C32H20Br2Cl2N4O5/c1-43-25-14-18(28(33)29(34)30(25)44-16-27(41)38-21-9-6-19(35)7-10-21)15-37-40-31(39-23-5-3-2-4-22(23)32(40)42)26-13-17-12-20(36)8-11-24(17)45-26/h2-15H,16H2,1H3,(H,38,41). The topological polar surface area (TPSA) is 108 Å². The number of benzene rings is 4. The van der Waals surface area contributed by atoms with Crippen LogP contribution in [0.2, 0.25) is 10.0 Å². The normalized spacial score (nSPS) is 11.4. The smallest absolute Gasteiger partial charge is 0.282 e. The molecule has 6 aromatic rings. The Hall–Kier alpha value is -4.16. The van der Waals surface area contributed by atoms with E-state index in [1.54, 1.807) is 78.9 Å². The predicted molar refractivity (Wildman–Crippen MR) is 183 cm³/mol. The number of ether oxygens (including phenoxy) is 2. The number of nitrogens with zero attached hydrogens (tertiary/aromatic N) is 3. The molecule has 226 valence electrons. The van der Waals surface area contributed by atoms with E-state index in [4.69, 9.17) is 42.1 Å². The number of para-hydroxylation sites is 1. The van der Waals surface area contributed by atoms with Gasteiger partial charge in [-0.05, 0) is 98.6 Å². The summed E-state index contributed by atoms with van der Waals surface area (Å²) in [6.45, 7) is -0.290. The Morgan fingerprint density at radius 1 is 1.02 bits per heavy atom. The van der Waals surface area contributed by atoms with Crippen molar-refractivity contribution in [1.82, 2.24) is 9.66 Å². The van der Waals surface area contributed by atoms with E-state index in [-0.39, 0.29) is 23.9 Å². The Labute approximate surface area is 282 Å². The number of methoxy groups -OCH3 is 1.